The van der Waals surface area contributed by atoms with E-state index in [9.17, 15) is 4.79 Å². The Hall–Kier alpha value is -3.61. The van der Waals surface area contributed by atoms with E-state index in [0.717, 1.165) is 42.1 Å². The van der Waals surface area contributed by atoms with Gasteiger partial charge >= 0.3 is 0 Å². The molecule has 2 N–H and O–H groups in total. The summed E-state index contributed by atoms with van der Waals surface area (Å²) >= 11 is 0. The first kappa shape index (κ1) is 21.6. The molecule has 2 heterocycles. The summed E-state index contributed by atoms with van der Waals surface area (Å²) < 4.78 is 5.88. The molecule has 0 unspecified atom stereocenters. The first-order valence-electron chi connectivity index (χ1n) is 11.1. The van der Waals surface area contributed by atoms with Crippen molar-refractivity contribution in [3.05, 3.63) is 71.7 Å². The predicted octanol–water partition coefficient (Wildman–Crippen LogP) is 4.03. The predicted molar refractivity (Wildman–Crippen MR) is 126 cm³/mol. The number of aromatic nitrogens is 1. The topological polar surface area (TPSA) is 82.8 Å². The number of nitrogens with zero attached hydrogens (tertiary/aromatic N) is 3. The number of amides is 1. The Morgan fingerprint density at radius 1 is 1.12 bits per heavy atom. The maximum atomic E-state index is 11.9. The normalized spacial score (nSPS) is 14.1. The minimum atomic E-state index is 0.200. The molecule has 3 aromatic rings. The van der Waals surface area contributed by atoms with Crippen molar-refractivity contribution in [1.29, 1.82) is 0 Å². The van der Waals surface area contributed by atoms with Gasteiger partial charge in [-0.2, -0.15) is 0 Å². The second kappa shape index (κ2) is 10.1. The SMILES string of the molecule is CCNC(=NCc1ccc(N2CCCC2=O)cc1)NCc1ncc(-c2ccc(C)cc2)o1. The lowest BCUT2D eigenvalue weighted by atomic mass is 10.1. The smallest absolute Gasteiger partial charge is 0.227 e. The summed E-state index contributed by atoms with van der Waals surface area (Å²) in [5, 5.41) is 6.52. The average molecular weight is 432 g/mol. The second-order valence-electron chi connectivity index (χ2n) is 7.85. The van der Waals surface area contributed by atoms with Gasteiger partial charge in [0.2, 0.25) is 11.8 Å². The van der Waals surface area contributed by atoms with Crippen molar-refractivity contribution in [2.45, 2.75) is 39.8 Å². The van der Waals surface area contributed by atoms with Gasteiger partial charge in [0.05, 0.1) is 19.3 Å². The molecular weight excluding hydrogens is 402 g/mol. The van der Waals surface area contributed by atoms with Crippen LogP contribution in [0.25, 0.3) is 11.3 Å². The number of carbonyl (C=O) groups is 1. The van der Waals surface area contributed by atoms with Crippen LogP contribution in [0.2, 0.25) is 0 Å². The van der Waals surface area contributed by atoms with E-state index in [1.54, 1.807) is 6.20 Å². The lowest BCUT2D eigenvalue weighted by Crippen LogP contribution is -2.36. The summed E-state index contributed by atoms with van der Waals surface area (Å²) in [4.78, 5) is 22.8. The maximum absolute atomic E-state index is 11.9. The molecule has 1 fully saturated rings. The largest absolute Gasteiger partial charge is 0.439 e. The van der Waals surface area contributed by atoms with Crippen molar-refractivity contribution in [1.82, 2.24) is 15.6 Å². The van der Waals surface area contributed by atoms with E-state index >= 15 is 0 Å². The number of rotatable bonds is 7. The molecule has 7 heteroatoms. The van der Waals surface area contributed by atoms with Crippen molar-refractivity contribution < 1.29 is 9.21 Å². The van der Waals surface area contributed by atoms with Crippen LogP contribution >= 0.6 is 0 Å². The van der Waals surface area contributed by atoms with E-state index in [1.165, 1.54) is 5.56 Å². The third kappa shape index (κ3) is 5.35. The van der Waals surface area contributed by atoms with E-state index < -0.39 is 0 Å². The van der Waals surface area contributed by atoms with Gasteiger partial charge in [-0.15, -0.1) is 0 Å². The third-order valence-electron chi connectivity index (χ3n) is 5.38. The van der Waals surface area contributed by atoms with Crippen molar-refractivity contribution in [3.8, 4) is 11.3 Å². The number of anilines is 1. The summed E-state index contributed by atoms with van der Waals surface area (Å²) in [5.41, 5.74) is 4.25. The molecule has 1 amide bonds. The molecule has 7 nitrogen and oxygen atoms in total. The van der Waals surface area contributed by atoms with Crippen LogP contribution < -0.4 is 15.5 Å². The fourth-order valence-corrected chi connectivity index (χ4v) is 3.62. The van der Waals surface area contributed by atoms with Crippen molar-refractivity contribution in [2.75, 3.05) is 18.0 Å². The van der Waals surface area contributed by atoms with Gasteiger partial charge in [-0.1, -0.05) is 42.0 Å². The van der Waals surface area contributed by atoms with E-state index in [2.05, 4.69) is 39.7 Å². The Labute approximate surface area is 188 Å². The van der Waals surface area contributed by atoms with Gasteiger partial charge in [-0.3, -0.25) is 4.79 Å². The molecular formula is C25H29N5O2. The van der Waals surface area contributed by atoms with Gasteiger partial charge in [0, 0.05) is 30.8 Å². The Bertz CT molecular complexity index is 1070. The first-order valence-corrected chi connectivity index (χ1v) is 11.1. The van der Waals surface area contributed by atoms with E-state index in [0.29, 0.717) is 31.4 Å². The summed E-state index contributed by atoms with van der Waals surface area (Å²) in [6.07, 6.45) is 3.32. The van der Waals surface area contributed by atoms with Crippen LogP contribution in [0.4, 0.5) is 5.69 Å². The molecule has 0 bridgehead atoms. The lowest BCUT2D eigenvalue weighted by molar-refractivity contribution is -0.117. The van der Waals surface area contributed by atoms with Crippen LogP contribution in [-0.4, -0.2) is 29.9 Å². The highest BCUT2D eigenvalue weighted by molar-refractivity contribution is 5.95. The molecule has 1 saturated heterocycles. The molecule has 0 radical (unpaired) electrons. The van der Waals surface area contributed by atoms with E-state index in [4.69, 9.17) is 4.42 Å². The number of hydrogen-bond acceptors (Lipinski definition) is 4. The molecule has 2 aromatic carbocycles. The van der Waals surface area contributed by atoms with Crippen LogP contribution in [0.5, 0.6) is 0 Å². The zero-order chi connectivity index (χ0) is 22.3. The second-order valence-corrected chi connectivity index (χ2v) is 7.85. The first-order chi connectivity index (χ1) is 15.6. The van der Waals surface area contributed by atoms with E-state index in [1.807, 2.05) is 48.2 Å². The number of hydrogen-bond donors (Lipinski definition) is 2. The number of carbonyl (C=O) groups excluding carboxylic acids is 1. The van der Waals surface area contributed by atoms with Gasteiger partial charge in [-0.05, 0) is 38.0 Å². The van der Waals surface area contributed by atoms with Gasteiger partial charge < -0.3 is 20.0 Å². The molecule has 4 rings (SSSR count). The molecule has 0 aliphatic carbocycles. The molecule has 1 aliphatic heterocycles. The Morgan fingerprint density at radius 3 is 2.59 bits per heavy atom. The summed E-state index contributed by atoms with van der Waals surface area (Å²) in [5.74, 6) is 2.25. The molecule has 166 valence electrons. The van der Waals surface area contributed by atoms with Gasteiger partial charge in [0.25, 0.3) is 0 Å². The van der Waals surface area contributed by atoms with Gasteiger partial charge in [0.1, 0.15) is 0 Å². The summed E-state index contributed by atoms with van der Waals surface area (Å²) in [6.45, 7) is 6.61. The minimum absolute atomic E-state index is 0.200. The highest BCUT2D eigenvalue weighted by atomic mass is 16.4. The van der Waals surface area contributed by atoms with Crippen molar-refractivity contribution >= 4 is 17.6 Å². The number of aryl methyl sites for hydroxylation is 1. The number of guanidine groups is 1. The summed E-state index contributed by atoms with van der Waals surface area (Å²) in [6, 6.07) is 16.2. The van der Waals surface area contributed by atoms with E-state index in [-0.39, 0.29) is 5.91 Å². The quantitative estimate of drug-likeness (QED) is 0.436. The van der Waals surface area contributed by atoms with Gasteiger partial charge in [-0.25, -0.2) is 9.98 Å². The maximum Gasteiger partial charge on any atom is 0.227 e. The van der Waals surface area contributed by atoms with Crippen LogP contribution in [-0.2, 0) is 17.9 Å². The Morgan fingerprint density at radius 2 is 1.91 bits per heavy atom. The highest BCUT2D eigenvalue weighted by Crippen LogP contribution is 2.22. The third-order valence-corrected chi connectivity index (χ3v) is 5.38. The molecule has 1 aromatic heterocycles. The van der Waals surface area contributed by atoms with Crippen LogP contribution in [0.1, 0.15) is 36.8 Å². The molecule has 0 spiro atoms. The number of aliphatic imine (C=N–C) groups is 1. The highest BCUT2D eigenvalue weighted by Gasteiger charge is 2.21. The van der Waals surface area contributed by atoms with Crippen molar-refractivity contribution in [2.24, 2.45) is 4.99 Å². The number of benzene rings is 2. The number of oxazole rings is 1. The zero-order valence-corrected chi connectivity index (χ0v) is 18.6. The Kier molecular flexibility index (Phi) is 6.84. The molecule has 0 atom stereocenters. The average Bonchev–Trinajstić information content (AvgIpc) is 3.46. The number of nitrogens with one attached hydrogen (secondary N) is 2. The summed E-state index contributed by atoms with van der Waals surface area (Å²) in [7, 11) is 0. The fraction of sp³-hybridized carbons (Fsp3) is 0.320. The van der Waals surface area contributed by atoms with Gasteiger partial charge in [0.15, 0.2) is 11.7 Å². The molecule has 32 heavy (non-hydrogen) atoms. The van der Waals surface area contributed by atoms with Crippen LogP contribution in [0, 0.1) is 6.92 Å². The Balaban J connectivity index is 1.35. The zero-order valence-electron chi connectivity index (χ0n) is 18.6. The minimum Gasteiger partial charge on any atom is -0.439 e. The molecule has 1 aliphatic rings. The molecule has 0 saturated carbocycles. The van der Waals surface area contributed by atoms with Crippen molar-refractivity contribution in [3.63, 3.8) is 0 Å². The fourth-order valence-electron chi connectivity index (χ4n) is 3.62. The van der Waals surface area contributed by atoms with Crippen LogP contribution in [0.3, 0.4) is 0 Å². The standard InChI is InChI=1S/C25H29N5O2/c1-3-26-25(28-15-19-8-12-21(13-9-19)30-14-4-5-24(30)31)29-17-23-27-16-22(32-23)20-10-6-18(2)7-11-20/h6-13,16H,3-5,14-15,17H2,1-2H3,(H2,26,28,29). The monoisotopic (exact) mass is 431 g/mol. The lowest BCUT2D eigenvalue weighted by Gasteiger charge is -2.15. The van der Waals surface area contributed by atoms with Crippen LogP contribution in [0.15, 0.2) is 64.1 Å².